The lowest BCUT2D eigenvalue weighted by Gasteiger charge is -2.63. The zero-order chi connectivity index (χ0) is 19.5. The van der Waals surface area contributed by atoms with Crippen molar-refractivity contribution in [3.05, 3.63) is 12.2 Å². The minimum absolute atomic E-state index is 0.132. The van der Waals surface area contributed by atoms with Crippen LogP contribution >= 0.6 is 0 Å². The van der Waals surface area contributed by atoms with E-state index in [1.807, 2.05) is 20.8 Å². The van der Waals surface area contributed by atoms with Gasteiger partial charge in [-0.05, 0) is 42.4 Å². The van der Waals surface area contributed by atoms with Gasteiger partial charge in [0.05, 0.1) is 23.7 Å². The number of aliphatic carboxylic acids is 1. The number of aliphatic hydroxyl groups is 1. The van der Waals surface area contributed by atoms with Crippen molar-refractivity contribution in [2.24, 2.45) is 28.6 Å². The first-order valence-corrected chi connectivity index (χ1v) is 9.77. The minimum Gasteiger partial charge on any atom is -0.481 e. The van der Waals surface area contributed by atoms with Gasteiger partial charge in [-0.2, -0.15) is 0 Å². The van der Waals surface area contributed by atoms with Gasteiger partial charge in [0.25, 0.3) is 0 Å². The standard InChI is InChI=1S/C20H33BO5/c1-18(2,3)15(17(23)24)14(22)8-7-9-21-25-16-13-10-12(19(13,4)5)11-20(16,6)26-21/h7-8,12-16,22H,9-11H2,1-6H3,(H,23,24)/t12-,13+,14?,15?,16-,20+/m1/s1. The molecule has 1 heterocycles. The van der Waals surface area contributed by atoms with Crippen molar-refractivity contribution in [2.45, 2.75) is 78.5 Å². The van der Waals surface area contributed by atoms with Crippen LogP contribution in [-0.4, -0.2) is 41.1 Å². The zero-order valence-corrected chi connectivity index (χ0v) is 16.9. The van der Waals surface area contributed by atoms with E-state index < -0.39 is 23.4 Å². The first kappa shape index (κ1) is 19.9. The molecule has 1 saturated heterocycles. The molecule has 4 fully saturated rings. The Bertz CT molecular complexity index is 595. The number of hydrogen-bond donors (Lipinski definition) is 2. The topological polar surface area (TPSA) is 76.0 Å². The van der Waals surface area contributed by atoms with Crippen LogP contribution in [0.25, 0.3) is 0 Å². The third-order valence-electron chi connectivity index (χ3n) is 7.07. The number of carboxylic acids is 1. The quantitative estimate of drug-likeness (QED) is 0.578. The van der Waals surface area contributed by atoms with Crippen LogP contribution in [0, 0.1) is 28.6 Å². The fourth-order valence-corrected chi connectivity index (χ4v) is 5.37. The van der Waals surface area contributed by atoms with Gasteiger partial charge in [0.15, 0.2) is 0 Å². The van der Waals surface area contributed by atoms with E-state index in [0.29, 0.717) is 23.6 Å². The fraction of sp³-hybridized carbons (Fsp3) is 0.850. The summed E-state index contributed by atoms with van der Waals surface area (Å²) in [7, 11) is -0.318. The van der Waals surface area contributed by atoms with Crippen LogP contribution in [0.1, 0.15) is 54.4 Å². The van der Waals surface area contributed by atoms with E-state index >= 15 is 0 Å². The summed E-state index contributed by atoms with van der Waals surface area (Å²) >= 11 is 0. The maximum absolute atomic E-state index is 11.5. The number of rotatable bonds is 5. The number of carbonyl (C=O) groups is 1. The molecule has 4 rings (SSSR count). The third kappa shape index (κ3) is 3.25. The molecular weight excluding hydrogens is 331 g/mol. The zero-order valence-electron chi connectivity index (χ0n) is 16.9. The van der Waals surface area contributed by atoms with E-state index in [1.54, 1.807) is 12.2 Å². The smallest absolute Gasteiger partial charge is 0.461 e. The first-order chi connectivity index (χ1) is 11.9. The van der Waals surface area contributed by atoms with Crippen molar-refractivity contribution in [1.82, 2.24) is 0 Å². The van der Waals surface area contributed by atoms with Gasteiger partial charge in [-0.15, -0.1) is 0 Å². The van der Waals surface area contributed by atoms with Gasteiger partial charge < -0.3 is 19.5 Å². The molecule has 0 aromatic carbocycles. The summed E-state index contributed by atoms with van der Waals surface area (Å²) in [4.78, 5) is 11.5. The Morgan fingerprint density at radius 2 is 2.00 bits per heavy atom. The van der Waals surface area contributed by atoms with Gasteiger partial charge in [-0.25, -0.2) is 0 Å². The molecule has 6 heteroatoms. The monoisotopic (exact) mass is 364 g/mol. The Morgan fingerprint density at radius 3 is 2.54 bits per heavy atom. The lowest BCUT2D eigenvalue weighted by molar-refractivity contribution is -0.185. The molecule has 2 unspecified atom stereocenters. The average molecular weight is 364 g/mol. The van der Waals surface area contributed by atoms with Crippen molar-refractivity contribution < 1.29 is 24.3 Å². The Labute approximate surface area is 157 Å². The van der Waals surface area contributed by atoms with Crippen LogP contribution in [0.2, 0.25) is 6.32 Å². The third-order valence-corrected chi connectivity index (χ3v) is 7.07. The maximum atomic E-state index is 11.5. The van der Waals surface area contributed by atoms with E-state index in [4.69, 9.17) is 9.31 Å². The lowest BCUT2D eigenvalue weighted by Crippen LogP contribution is -2.63. The molecule has 2 N–H and O–H groups in total. The molecule has 0 amide bonds. The number of hydrogen-bond acceptors (Lipinski definition) is 4. The lowest BCUT2D eigenvalue weighted by atomic mass is 9.45. The summed E-state index contributed by atoms with van der Waals surface area (Å²) < 4.78 is 12.5. The number of carboxylic acid groups (broad SMARTS) is 1. The molecule has 0 radical (unpaired) electrons. The van der Waals surface area contributed by atoms with Crippen molar-refractivity contribution in [1.29, 1.82) is 0 Å². The number of aliphatic hydroxyl groups excluding tert-OH is 1. The van der Waals surface area contributed by atoms with Crippen molar-refractivity contribution >= 4 is 13.1 Å². The molecule has 26 heavy (non-hydrogen) atoms. The summed E-state index contributed by atoms with van der Waals surface area (Å²) in [5.41, 5.74) is -0.407. The molecule has 2 bridgehead atoms. The highest BCUT2D eigenvalue weighted by atomic mass is 16.7. The highest BCUT2D eigenvalue weighted by Gasteiger charge is 2.66. The summed E-state index contributed by atoms with van der Waals surface area (Å²) in [6.07, 6.45) is 5.26. The second-order valence-electron chi connectivity index (χ2n) is 10.3. The van der Waals surface area contributed by atoms with E-state index in [2.05, 4.69) is 20.8 Å². The average Bonchev–Trinajstić information content (AvgIpc) is 2.80. The summed E-state index contributed by atoms with van der Waals surface area (Å²) in [6, 6.07) is 0. The highest BCUT2D eigenvalue weighted by molar-refractivity contribution is 6.46. The Morgan fingerprint density at radius 1 is 1.35 bits per heavy atom. The Balaban J connectivity index is 1.60. The predicted molar refractivity (Wildman–Crippen MR) is 101 cm³/mol. The minimum atomic E-state index is -1.03. The molecule has 0 aromatic rings. The van der Waals surface area contributed by atoms with Crippen LogP contribution in [0.15, 0.2) is 12.2 Å². The Kier molecular flexibility index (Phi) is 4.86. The van der Waals surface area contributed by atoms with Gasteiger partial charge in [0.1, 0.15) is 0 Å². The van der Waals surface area contributed by atoms with Gasteiger partial charge in [-0.3, -0.25) is 4.79 Å². The molecule has 3 aliphatic carbocycles. The molecule has 0 spiro atoms. The molecule has 4 aliphatic rings. The van der Waals surface area contributed by atoms with Crippen LogP contribution in [0.3, 0.4) is 0 Å². The Hall–Kier alpha value is -0.845. The molecular formula is C20H33BO5. The van der Waals surface area contributed by atoms with E-state index in [-0.39, 0.29) is 18.8 Å². The molecule has 6 atom stereocenters. The molecule has 1 aliphatic heterocycles. The first-order valence-electron chi connectivity index (χ1n) is 9.77. The summed E-state index contributed by atoms with van der Waals surface area (Å²) in [5.74, 6) is -0.583. The van der Waals surface area contributed by atoms with Gasteiger partial charge >= 0.3 is 13.1 Å². The van der Waals surface area contributed by atoms with Crippen molar-refractivity contribution in [3.8, 4) is 0 Å². The van der Waals surface area contributed by atoms with Crippen LogP contribution in [0.4, 0.5) is 0 Å². The normalized spacial score (nSPS) is 38.0. The van der Waals surface area contributed by atoms with Crippen LogP contribution < -0.4 is 0 Å². The van der Waals surface area contributed by atoms with Crippen LogP contribution in [-0.2, 0) is 14.1 Å². The predicted octanol–water partition coefficient (Wildman–Crippen LogP) is 3.38. The van der Waals surface area contributed by atoms with E-state index in [1.165, 1.54) is 6.42 Å². The SMILES string of the molecule is CC(C)(C)C(C(=O)O)C(O)C=CCB1O[C@@H]2[C@@H]3C[C@H](C[C@]2(C)O1)C3(C)C. The number of allylic oxidation sites excluding steroid dienone is 1. The van der Waals surface area contributed by atoms with Crippen molar-refractivity contribution in [3.63, 3.8) is 0 Å². The molecule has 146 valence electrons. The second kappa shape index (κ2) is 6.35. The maximum Gasteiger partial charge on any atom is 0.461 e. The van der Waals surface area contributed by atoms with Crippen LogP contribution in [0.5, 0.6) is 0 Å². The molecule has 0 aromatic heterocycles. The summed E-state index contributed by atoms with van der Waals surface area (Å²) in [5, 5.41) is 19.7. The van der Waals surface area contributed by atoms with E-state index in [9.17, 15) is 15.0 Å². The van der Waals surface area contributed by atoms with Gasteiger partial charge in [0, 0.05) is 6.32 Å². The van der Waals surface area contributed by atoms with Gasteiger partial charge in [0.2, 0.25) is 0 Å². The highest BCUT2D eigenvalue weighted by Crippen LogP contribution is 2.64. The second-order valence-corrected chi connectivity index (χ2v) is 10.3. The summed E-state index contributed by atoms with van der Waals surface area (Å²) in [6.45, 7) is 12.3. The molecule has 3 saturated carbocycles. The fourth-order valence-electron chi connectivity index (χ4n) is 5.37. The van der Waals surface area contributed by atoms with Gasteiger partial charge in [-0.1, -0.05) is 46.8 Å². The molecule has 5 nitrogen and oxygen atoms in total. The van der Waals surface area contributed by atoms with E-state index in [0.717, 1.165) is 6.42 Å². The largest absolute Gasteiger partial charge is 0.481 e. The van der Waals surface area contributed by atoms with Crippen molar-refractivity contribution in [2.75, 3.05) is 0 Å².